The highest BCUT2D eigenvalue weighted by atomic mass is 32.2. The Morgan fingerprint density at radius 1 is 0.878 bits per heavy atom. The highest BCUT2D eigenvalue weighted by Gasteiger charge is 2.19. The number of aromatic nitrogens is 1. The zero-order valence-corrected chi connectivity index (χ0v) is 22.8. The van der Waals surface area contributed by atoms with Crippen LogP contribution in [0.3, 0.4) is 0 Å². The van der Waals surface area contributed by atoms with Gasteiger partial charge in [0.05, 0.1) is 5.25 Å². The van der Waals surface area contributed by atoms with Gasteiger partial charge in [-0.15, -0.1) is 11.8 Å². The normalized spacial score (nSPS) is 12.8. The topological polar surface area (TPSA) is 119 Å². The van der Waals surface area contributed by atoms with Gasteiger partial charge < -0.3 is 25.4 Å². The molecule has 1 aliphatic heterocycles. The minimum absolute atomic E-state index is 0.0686. The van der Waals surface area contributed by atoms with Gasteiger partial charge in [0.15, 0.2) is 11.5 Å². The maximum absolute atomic E-state index is 13.2. The summed E-state index contributed by atoms with van der Waals surface area (Å²) in [6, 6.07) is 24.5. The minimum atomic E-state index is -0.491. The Morgan fingerprint density at radius 3 is 2.39 bits per heavy atom. The van der Waals surface area contributed by atoms with Crippen molar-refractivity contribution in [3.8, 4) is 11.5 Å². The summed E-state index contributed by atoms with van der Waals surface area (Å²) in [5, 5.41) is 8.03. The quantitative estimate of drug-likeness (QED) is 0.185. The van der Waals surface area contributed by atoms with Crippen LogP contribution in [-0.4, -0.2) is 34.7 Å². The van der Waals surface area contributed by atoms with Crippen molar-refractivity contribution >= 4 is 46.9 Å². The van der Waals surface area contributed by atoms with E-state index in [1.54, 1.807) is 85.2 Å². The van der Waals surface area contributed by atoms with E-state index in [9.17, 15) is 14.4 Å². The lowest BCUT2D eigenvalue weighted by molar-refractivity contribution is -0.115. The van der Waals surface area contributed by atoms with Crippen LogP contribution in [0.4, 0.5) is 11.4 Å². The van der Waals surface area contributed by atoms with Crippen molar-refractivity contribution in [2.45, 2.75) is 17.1 Å². The van der Waals surface area contributed by atoms with E-state index in [-0.39, 0.29) is 23.6 Å². The van der Waals surface area contributed by atoms with E-state index in [4.69, 9.17) is 9.47 Å². The maximum atomic E-state index is 13.2. The number of nitrogens with one attached hydrogen (secondary N) is 3. The van der Waals surface area contributed by atoms with Gasteiger partial charge in [-0.3, -0.25) is 19.4 Å². The molecule has 1 atom stereocenters. The molecule has 0 saturated carbocycles. The summed E-state index contributed by atoms with van der Waals surface area (Å²) in [6.45, 7) is 1.98. The first-order valence-corrected chi connectivity index (χ1v) is 13.6. The van der Waals surface area contributed by atoms with E-state index in [0.717, 1.165) is 4.90 Å². The summed E-state index contributed by atoms with van der Waals surface area (Å²) in [5.74, 6) is 0.186. The average molecular weight is 567 g/mol. The Kier molecular flexibility index (Phi) is 8.61. The van der Waals surface area contributed by atoms with Gasteiger partial charge in [0.25, 0.3) is 11.8 Å². The van der Waals surface area contributed by atoms with Crippen LogP contribution in [0.25, 0.3) is 6.08 Å². The van der Waals surface area contributed by atoms with E-state index in [2.05, 4.69) is 20.9 Å². The molecule has 1 aromatic heterocycles. The molecule has 10 heteroatoms. The van der Waals surface area contributed by atoms with Crippen molar-refractivity contribution in [3.05, 3.63) is 114 Å². The Labute approximate surface area is 241 Å². The number of carbonyl (C=O) groups is 3. The van der Waals surface area contributed by atoms with Gasteiger partial charge in [-0.05, 0) is 73.2 Å². The predicted molar refractivity (Wildman–Crippen MR) is 158 cm³/mol. The summed E-state index contributed by atoms with van der Waals surface area (Å²) in [4.78, 5) is 43.6. The number of amides is 3. The second kappa shape index (κ2) is 12.8. The van der Waals surface area contributed by atoms with Crippen LogP contribution in [-0.2, 0) is 9.59 Å². The zero-order valence-electron chi connectivity index (χ0n) is 22.0. The van der Waals surface area contributed by atoms with Crippen LogP contribution < -0.4 is 25.4 Å². The third-order valence-corrected chi connectivity index (χ3v) is 7.07. The highest BCUT2D eigenvalue weighted by Crippen LogP contribution is 2.34. The summed E-state index contributed by atoms with van der Waals surface area (Å²) >= 11 is 1.38. The van der Waals surface area contributed by atoms with Crippen LogP contribution in [0.15, 0.2) is 108 Å². The molecule has 1 aliphatic rings. The van der Waals surface area contributed by atoms with Gasteiger partial charge in [0.2, 0.25) is 12.7 Å². The molecular formula is C31H26N4O5S. The van der Waals surface area contributed by atoms with Gasteiger partial charge in [0, 0.05) is 40.3 Å². The molecule has 0 bridgehead atoms. The first-order chi connectivity index (χ1) is 19.9. The summed E-state index contributed by atoms with van der Waals surface area (Å²) in [6.07, 6.45) is 4.78. The van der Waals surface area contributed by atoms with Crippen LogP contribution in [0.5, 0.6) is 11.5 Å². The molecule has 3 amide bonds. The van der Waals surface area contributed by atoms with Crippen molar-refractivity contribution < 1.29 is 23.9 Å². The number of hydrogen-bond acceptors (Lipinski definition) is 7. The maximum Gasteiger partial charge on any atom is 0.272 e. The van der Waals surface area contributed by atoms with Gasteiger partial charge >= 0.3 is 0 Å². The summed E-state index contributed by atoms with van der Waals surface area (Å²) in [5.41, 5.74) is 2.31. The number of rotatable bonds is 9. The molecule has 4 aromatic rings. The number of thioether (sulfide) groups is 1. The van der Waals surface area contributed by atoms with Crippen LogP contribution >= 0.6 is 11.8 Å². The van der Waals surface area contributed by atoms with Gasteiger partial charge in [-0.1, -0.05) is 24.3 Å². The van der Waals surface area contributed by atoms with Crippen molar-refractivity contribution in [1.82, 2.24) is 10.3 Å². The van der Waals surface area contributed by atoms with Crippen molar-refractivity contribution in [3.63, 3.8) is 0 Å². The molecule has 0 aliphatic carbocycles. The molecule has 0 spiro atoms. The standard InChI is InChI=1S/C31H26N4O5S/c1-20(29(36)34-24-11-14-27-28(17-24)40-19-39-27)41-25-12-9-23(10-13-25)33-31(38)26(16-21-6-5-15-32-18-21)35-30(37)22-7-3-2-4-8-22/h2-18,20H,19H2,1H3,(H,33,38)(H,34,36)(H,35,37)/b26-16-. The predicted octanol–water partition coefficient (Wildman–Crippen LogP) is 5.34. The summed E-state index contributed by atoms with van der Waals surface area (Å²) in [7, 11) is 0. The smallest absolute Gasteiger partial charge is 0.272 e. The first-order valence-electron chi connectivity index (χ1n) is 12.7. The van der Waals surface area contributed by atoms with E-state index in [0.29, 0.717) is 34.0 Å². The first kappa shape index (κ1) is 27.5. The number of hydrogen-bond donors (Lipinski definition) is 3. The molecule has 1 unspecified atom stereocenters. The van der Waals surface area contributed by atoms with Crippen molar-refractivity contribution in [1.29, 1.82) is 0 Å². The highest BCUT2D eigenvalue weighted by molar-refractivity contribution is 8.00. The third kappa shape index (κ3) is 7.31. The molecule has 0 fully saturated rings. The fourth-order valence-corrected chi connectivity index (χ4v) is 4.73. The third-order valence-electron chi connectivity index (χ3n) is 5.96. The minimum Gasteiger partial charge on any atom is -0.454 e. The molecule has 41 heavy (non-hydrogen) atoms. The van der Waals surface area contributed by atoms with Crippen molar-refractivity contribution in [2.75, 3.05) is 17.4 Å². The van der Waals surface area contributed by atoms with Crippen LogP contribution in [0, 0.1) is 0 Å². The van der Waals surface area contributed by atoms with E-state index < -0.39 is 11.8 Å². The lowest BCUT2D eigenvalue weighted by Crippen LogP contribution is -2.30. The lowest BCUT2D eigenvalue weighted by atomic mass is 10.2. The molecule has 206 valence electrons. The van der Waals surface area contributed by atoms with Gasteiger partial charge in [-0.25, -0.2) is 0 Å². The SMILES string of the molecule is CC(Sc1ccc(NC(=O)/C(=C/c2cccnc2)NC(=O)c2ccccc2)cc1)C(=O)Nc1ccc2c(c1)OCO2. The Morgan fingerprint density at radius 2 is 1.63 bits per heavy atom. The molecule has 0 radical (unpaired) electrons. The molecule has 3 N–H and O–H groups in total. The van der Waals surface area contributed by atoms with E-state index >= 15 is 0 Å². The molecular weight excluding hydrogens is 540 g/mol. The number of benzene rings is 3. The Hall–Kier alpha value is -5.09. The second-order valence-corrected chi connectivity index (χ2v) is 10.4. The zero-order chi connectivity index (χ0) is 28.6. The Bertz CT molecular complexity index is 1580. The molecule has 0 saturated heterocycles. The second-order valence-electron chi connectivity index (χ2n) is 8.96. The number of fused-ring (bicyclic) bond motifs is 1. The van der Waals surface area contributed by atoms with E-state index in [1.807, 2.05) is 25.1 Å². The fraction of sp³-hybridized carbons (Fsp3) is 0.0968. The largest absolute Gasteiger partial charge is 0.454 e. The fourth-order valence-electron chi connectivity index (χ4n) is 3.86. The molecule has 5 rings (SSSR count). The number of anilines is 2. The molecule has 9 nitrogen and oxygen atoms in total. The van der Waals surface area contributed by atoms with Crippen LogP contribution in [0.1, 0.15) is 22.8 Å². The van der Waals surface area contributed by atoms with Gasteiger partial charge in [0.1, 0.15) is 5.70 Å². The Balaban J connectivity index is 1.21. The van der Waals surface area contributed by atoms with Crippen molar-refractivity contribution in [2.24, 2.45) is 0 Å². The average Bonchev–Trinajstić information content (AvgIpc) is 3.47. The number of nitrogens with zero attached hydrogens (tertiary/aromatic N) is 1. The molecule has 3 aromatic carbocycles. The number of pyridine rings is 1. The van der Waals surface area contributed by atoms with Gasteiger partial charge in [-0.2, -0.15) is 0 Å². The summed E-state index contributed by atoms with van der Waals surface area (Å²) < 4.78 is 10.7. The lowest BCUT2D eigenvalue weighted by Gasteiger charge is -2.14. The number of carbonyl (C=O) groups excluding carboxylic acids is 3. The number of ether oxygens (including phenoxy) is 2. The van der Waals surface area contributed by atoms with Crippen LogP contribution in [0.2, 0.25) is 0 Å². The molecule has 2 heterocycles. The van der Waals surface area contributed by atoms with E-state index in [1.165, 1.54) is 11.8 Å². The monoisotopic (exact) mass is 566 g/mol.